The van der Waals surface area contributed by atoms with Gasteiger partial charge in [0.25, 0.3) is 0 Å². The van der Waals surface area contributed by atoms with Gasteiger partial charge in [0.15, 0.2) is 0 Å². The highest BCUT2D eigenvalue weighted by atomic mass is 16.5. The van der Waals surface area contributed by atoms with E-state index in [1.165, 1.54) is 29.7 Å². The molecule has 0 spiro atoms. The number of hydrogen-bond acceptors (Lipinski definition) is 5. The molecule has 0 unspecified atom stereocenters. The molecule has 6 heteroatoms. The molecule has 2 saturated heterocycles. The fraction of sp³-hybridized carbons (Fsp3) is 0.480. The lowest BCUT2D eigenvalue weighted by atomic mass is 10.1. The first-order valence-corrected chi connectivity index (χ1v) is 11.4. The summed E-state index contributed by atoms with van der Waals surface area (Å²) >= 11 is 0. The zero-order valence-corrected chi connectivity index (χ0v) is 18.6. The molecule has 1 N–H and O–H groups in total. The zero-order valence-electron chi connectivity index (χ0n) is 18.6. The summed E-state index contributed by atoms with van der Waals surface area (Å²) in [6, 6.07) is 16.8. The van der Waals surface area contributed by atoms with Crippen molar-refractivity contribution in [3.8, 4) is 0 Å². The van der Waals surface area contributed by atoms with Gasteiger partial charge in [0.2, 0.25) is 5.91 Å². The van der Waals surface area contributed by atoms with E-state index in [0.717, 1.165) is 58.2 Å². The van der Waals surface area contributed by atoms with Gasteiger partial charge in [0, 0.05) is 50.6 Å². The lowest BCUT2D eigenvalue weighted by molar-refractivity contribution is -0.117. The highest BCUT2D eigenvalue weighted by molar-refractivity contribution is 5.92. The Morgan fingerprint density at radius 1 is 1.00 bits per heavy atom. The molecule has 0 radical (unpaired) electrons. The monoisotopic (exact) mass is 422 g/mol. The van der Waals surface area contributed by atoms with Gasteiger partial charge in [-0.2, -0.15) is 0 Å². The van der Waals surface area contributed by atoms with Gasteiger partial charge in [0.1, 0.15) is 0 Å². The van der Waals surface area contributed by atoms with Crippen LogP contribution in [0.1, 0.15) is 24.0 Å². The van der Waals surface area contributed by atoms with Crippen LogP contribution in [0.15, 0.2) is 48.5 Å². The number of para-hydroxylation sites is 1. The summed E-state index contributed by atoms with van der Waals surface area (Å²) in [4.78, 5) is 19.5. The van der Waals surface area contributed by atoms with Crippen molar-refractivity contribution in [3.05, 3.63) is 59.7 Å². The van der Waals surface area contributed by atoms with Gasteiger partial charge >= 0.3 is 0 Å². The summed E-state index contributed by atoms with van der Waals surface area (Å²) in [5.74, 6) is 0.0158. The van der Waals surface area contributed by atoms with Crippen LogP contribution in [0, 0.1) is 0 Å². The van der Waals surface area contributed by atoms with Crippen molar-refractivity contribution >= 4 is 17.3 Å². The van der Waals surface area contributed by atoms with Crippen molar-refractivity contribution in [3.63, 3.8) is 0 Å². The Balaban J connectivity index is 1.27. The second-order valence-electron chi connectivity index (χ2n) is 8.63. The standard InChI is InChI=1S/C25H34N4O2/c1-27(19-22-6-2-3-7-24(22)29-12-4-5-13-29)20-25(30)26-23-10-8-21(9-11-23)18-28-14-16-31-17-15-28/h2-3,6-11H,4-5,12-20H2,1H3,(H,26,30). The van der Waals surface area contributed by atoms with E-state index < -0.39 is 0 Å². The Kier molecular flexibility index (Phi) is 7.57. The number of nitrogens with zero attached hydrogens (tertiary/aromatic N) is 3. The molecule has 2 fully saturated rings. The lowest BCUT2D eigenvalue weighted by Crippen LogP contribution is -2.35. The topological polar surface area (TPSA) is 48.1 Å². The van der Waals surface area contributed by atoms with E-state index in [2.05, 4.69) is 56.4 Å². The number of likely N-dealkylation sites (N-methyl/N-ethyl adjacent to an activating group) is 1. The summed E-state index contributed by atoms with van der Waals surface area (Å²) in [7, 11) is 2.01. The Morgan fingerprint density at radius 3 is 2.45 bits per heavy atom. The molecule has 0 aliphatic carbocycles. The van der Waals surface area contributed by atoms with Gasteiger partial charge in [-0.3, -0.25) is 14.6 Å². The second-order valence-corrected chi connectivity index (χ2v) is 8.63. The minimum Gasteiger partial charge on any atom is -0.379 e. The van der Waals surface area contributed by atoms with Crippen molar-refractivity contribution in [1.29, 1.82) is 0 Å². The Morgan fingerprint density at radius 2 is 1.71 bits per heavy atom. The van der Waals surface area contributed by atoms with E-state index >= 15 is 0 Å². The first-order valence-electron chi connectivity index (χ1n) is 11.4. The Hall–Kier alpha value is -2.41. The average Bonchev–Trinajstić information content (AvgIpc) is 3.31. The van der Waals surface area contributed by atoms with Crippen LogP contribution in [0.25, 0.3) is 0 Å². The second kappa shape index (κ2) is 10.8. The Labute approximate surface area is 185 Å². The van der Waals surface area contributed by atoms with E-state index in [4.69, 9.17) is 4.74 Å². The van der Waals surface area contributed by atoms with E-state index in [9.17, 15) is 4.79 Å². The van der Waals surface area contributed by atoms with Crippen molar-refractivity contribution in [1.82, 2.24) is 9.80 Å². The predicted octanol–water partition coefficient (Wildman–Crippen LogP) is 3.19. The molecule has 2 aliphatic rings. The van der Waals surface area contributed by atoms with E-state index in [-0.39, 0.29) is 5.91 Å². The highest BCUT2D eigenvalue weighted by Gasteiger charge is 2.17. The number of amides is 1. The van der Waals surface area contributed by atoms with Crippen molar-refractivity contribution in [2.75, 3.05) is 63.2 Å². The van der Waals surface area contributed by atoms with Crippen LogP contribution >= 0.6 is 0 Å². The summed E-state index contributed by atoms with van der Waals surface area (Å²) in [5, 5.41) is 3.03. The molecule has 0 aromatic heterocycles. The maximum absolute atomic E-state index is 12.6. The Bertz CT molecular complexity index is 843. The number of carbonyl (C=O) groups is 1. The lowest BCUT2D eigenvalue weighted by Gasteiger charge is -2.26. The molecule has 6 nitrogen and oxygen atoms in total. The number of nitrogens with one attached hydrogen (secondary N) is 1. The van der Waals surface area contributed by atoms with Crippen LogP contribution in [0.4, 0.5) is 11.4 Å². The molecular formula is C25H34N4O2. The highest BCUT2D eigenvalue weighted by Crippen LogP contribution is 2.25. The molecule has 2 heterocycles. The molecule has 31 heavy (non-hydrogen) atoms. The summed E-state index contributed by atoms with van der Waals surface area (Å²) in [6.07, 6.45) is 2.52. The number of anilines is 2. The fourth-order valence-corrected chi connectivity index (χ4v) is 4.41. The van der Waals surface area contributed by atoms with Crippen LogP contribution in [-0.2, 0) is 22.6 Å². The van der Waals surface area contributed by atoms with E-state index in [0.29, 0.717) is 6.54 Å². The van der Waals surface area contributed by atoms with Gasteiger partial charge in [-0.1, -0.05) is 30.3 Å². The molecule has 4 rings (SSSR count). The quantitative estimate of drug-likeness (QED) is 0.708. The first-order chi connectivity index (χ1) is 15.2. The van der Waals surface area contributed by atoms with Crippen LogP contribution in [0.3, 0.4) is 0 Å². The number of benzene rings is 2. The maximum Gasteiger partial charge on any atom is 0.238 e. The minimum absolute atomic E-state index is 0.0158. The van der Waals surface area contributed by atoms with E-state index in [1.807, 2.05) is 19.2 Å². The fourth-order valence-electron chi connectivity index (χ4n) is 4.41. The van der Waals surface area contributed by atoms with Gasteiger partial charge in [-0.05, 0) is 49.2 Å². The van der Waals surface area contributed by atoms with Gasteiger partial charge in [-0.25, -0.2) is 0 Å². The molecule has 2 aliphatic heterocycles. The molecule has 2 aromatic rings. The predicted molar refractivity (Wildman–Crippen MR) is 125 cm³/mol. The molecule has 166 valence electrons. The SMILES string of the molecule is CN(CC(=O)Nc1ccc(CN2CCOCC2)cc1)Cc1ccccc1N1CCCC1. The molecular weight excluding hydrogens is 388 g/mol. The summed E-state index contributed by atoms with van der Waals surface area (Å²) < 4.78 is 5.41. The third-order valence-corrected chi connectivity index (χ3v) is 6.04. The largest absolute Gasteiger partial charge is 0.379 e. The summed E-state index contributed by atoms with van der Waals surface area (Å²) in [5.41, 5.74) is 4.70. The third-order valence-electron chi connectivity index (χ3n) is 6.04. The minimum atomic E-state index is 0.0158. The smallest absolute Gasteiger partial charge is 0.238 e. The van der Waals surface area contributed by atoms with Crippen LogP contribution in [0.2, 0.25) is 0 Å². The number of carbonyl (C=O) groups excluding carboxylic acids is 1. The zero-order chi connectivity index (χ0) is 21.5. The molecule has 1 amide bonds. The molecule has 0 bridgehead atoms. The number of rotatable bonds is 8. The number of ether oxygens (including phenoxy) is 1. The molecule has 0 atom stereocenters. The molecule has 0 saturated carbocycles. The van der Waals surface area contributed by atoms with Gasteiger partial charge in [0.05, 0.1) is 19.8 Å². The van der Waals surface area contributed by atoms with Crippen LogP contribution in [0.5, 0.6) is 0 Å². The van der Waals surface area contributed by atoms with Gasteiger partial charge in [-0.15, -0.1) is 0 Å². The normalized spacial score (nSPS) is 17.3. The van der Waals surface area contributed by atoms with Crippen LogP contribution < -0.4 is 10.2 Å². The van der Waals surface area contributed by atoms with E-state index in [1.54, 1.807) is 0 Å². The average molecular weight is 423 g/mol. The van der Waals surface area contributed by atoms with Crippen molar-refractivity contribution in [2.24, 2.45) is 0 Å². The maximum atomic E-state index is 12.6. The van der Waals surface area contributed by atoms with Crippen molar-refractivity contribution in [2.45, 2.75) is 25.9 Å². The summed E-state index contributed by atoms with van der Waals surface area (Å²) in [6.45, 7) is 7.89. The number of hydrogen-bond donors (Lipinski definition) is 1. The first kappa shape index (κ1) is 21.8. The third kappa shape index (κ3) is 6.29. The van der Waals surface area contributed by atoms with Crippen molar-refractivity contribution < 1.29 is 9.53 Å². The number of morpholine rings is 1. The molecule has 2 aromatic carbocycles. The van der Waals surface area contributed by atoms with Crippen LogP contribution in [-0.4, -0.2) is 68.7 Å². The van der Waals surface area contributed by atoms with Gasteiger partial charge < -0.3 is 15.0 Å².